The molecular weight excluding hydrogens is 330 g/mol. The number of thioether (sulfide) groups is 1. The molecule has 25 heavy (non-hydrogen) atoms. The Morgan fingerprint density at radius 2 is 2.00 bits per heavy atom. The van der Waals surface area contributed by atoms with Crippen LogP contribution < -0.4 is 5.32 Å². The lowest BCUT2D eigenvalue weighted by Gasteiger charge is -2.10. The fourth-order valence-electron chi connectivity index (χ4n) is 2.89. The number of carbonyl (C=O) groups is 1. The van der Waals surface area contributed by atoms with Gasteiger partial charge >= 0.3 is 0 Å². The monoisotopic (exact) mass is 347 g/mol. The van der Waals surface area contributed by atoms with Crippen LogP contribution in [-0.4, -0.2) is 28.4 Å². The number of aliphatic imine (C=N–C) groups is 1. The van der Waals surface area contributed by atoms with Crippen molar-refractivity contribution >= 4 is 33.7 Å². The SMILES string of the molecule is Cc1cccc(-c2cc(C(=O)NC3=NCCS3)c3ccccc3n2)c1. The van der Waals surface area contributed by atoms with E-state index < -0.39 is 0 Å². The van der Waals surface area contributed by atoms with Crippen LogP contribution in [0, 0.1) is 6.92 Å². The molecule has 0 fully saturated rings. The number of amides is 1. The number of para-hydroxylation sites is 1. The first kappa shape index (κ1) is 15.8. The van der Waals surface area contributed by atoms with E-state index in [1.54, 1.807) is 11.8 Å². The average molecular weight is 347 g/mol. The topological polar surface area (TPSA) is 54.4 Å². The number of aryl methyl sites for hydroxylation is 1. The maximum Gasteiger partial charge on any atom is 0.257 e. The Hall–Kier alpha value is -2.66. The molecular formula is C20H17N3OS. The summed E-state index contributed by atoms with van der Waals surface area (Å²) < 4.78 is 0. The first-order valence-corrected chi connectivity index (χ1v) is 9.15. The third kappa shape index (κ3) is 3.28. The molecule has 0 saturated heterocycles. The van der Waals surface area contributed by atoms with Crippen molar-refractivity contribution in [1.82, 2.24) is 10.3 Å². The van der Waals surface area contributed by atoms with Gasteiger partial charge in [0.25, 0.3) is 5.91 Å². The molecule has 4 rings (SSSR count). The molecule has 4 nitrogen and oxygen atoms in total. The van der Waals surface area contributed by atoms with Crippen molar-refractivity contribution in [1.29, 1.82) is 0 Å². The summed E-state index contributed by atoms with van der Waals surface area (Å²) in [5, 5.41) is 4.47. The predicted molar refractivity (Wildman–Crippen MR) is 104 cm³/mol. The molecule has 0 bridgehead atoms. The molecule has 1 aromatic heterocycles. The Labute approximate surface area is 150 Å². The third-order valence-electron chi connectivity index (χ3n) is 4.08. The van der Waals surface area contributed by atoms with Crippen molar-refractivity contribution in [2.45, 2.75) is 6.92 Å². The van der Waals surface area contributed by atoms with E-state index >= 15 is 0 Å². The number of nitrogens with one attached hydrogen (secondary N) is 1. The van der Waals surface area contributed by atoms with Gasteiger partial charge in [-0.25, -0.2) is 4.98 Å². The maximum atomic E-state index is 12.8. The molecule has 1 aliphatic rings. The first-order chi connectivity index (χ1) is 12.2. The Balaban J connectivity index is 1.82. The Kier molecular flexibility index (Phi) is 4.24. The van der Waals surface area contributed by atoms with Crippen LogP contribution in [-0.2, 0) is 0 Å². The van der Waals surface area contributed by atoms with Crippen molar-refractivity contribution in [2.75, 3.05) is 12.3 Å². The van der Waals surface area contributed by atoms with E-state index in [1.165, 1.54) is 0 Å². The van der Waals surface area contributed by atoms with Crippen LogP contribution in [0.25, 0.3) is 22.2 Å². The van der Waals surface area contributed by atoms with Crippen LogP contribution in [0.4, 0.5) is 0 Å². The van der Waals surface area contributed by atoms with Gasteiger partial charge in [0.1, 0.15) is 0 Å². The summed E-state index contributed by atoms with van der Waals surface area (Å²) in [6, 6.07) is 17.8. The molecule has 2 heterocycles. The van der Waals surface area contributed by atoms with Crippen molar-refractivity contribution in [2.24, 2.45) is 4.99 Å². The smallest absolute Gasteiger partial charge is 0.257 e. The summed E-state index contributed by atoms with van der Waals surface area (Å²) in [7, 11) is 0. The fraction of sp³-hybridized carbons (Fsp3) is 0.150. The normalized spacial score (nSPS) is 13.7. The zero-order valence-electron chi connectivity index (χ0n) is 13.8. The van der Waals surface area contributed by atoms with Gasteiger partial charge in [0.2, 0.25) is 0 Å². The van der Waals surface area contributed by atoms with E-state index in [4.69, 9.17) is 4.98 Å². The van der Waals surface area contributed by atoms with Crippen molar-refractivity contribution in [3.8, 4) is 11.3 Å². The minimum atomic E-state index is -0.138. The Morgan fingerprint density at radius 1 is 1.12 bits per heavy atom. The summed E-state index contributed by atoms with van der Waals surface area (Å²) in [4.78, 5) is 21.9. The second-order valence-electron chi connectivity index (χ2n) is 5.93. The molecule has 124 valence electrons. The minimum Gasteiger partial charge on any atom is -0.301 e. The van der Waals surface area contributed by atoms with Gasteiger partial charge in [0, 0.05) is 16.7 Å². The number of fused-ring (bicyclic) bond motifs is 1. The van der Waals surface area contributed by atoms with E-state index in [0.29, 0.717) is 10.7 Å². The average Bonchev–Trinajstić information content (AvgIpc) is 3.13. The van der Waals surface area contributed by atoms with E-state index in [1.807, 2.05) is 55.5 Å². The van der Waals surface area contributed by atoms with Gasteiger partial charge < -0.3 is 5.32 Å². The maximum absolute atomic E-state index is 12.8. The number of nitrogens with zero attached hydrogens (tertiary/aromatic N) is 2. The minimum absolute atomic E-state index is 0.138. The lowest BCUT2D eigenvalue weighted by atomic mass is 10.0. The summed E-state index contributed by atoms with van der Waals surface area (Å²) in [5.74, 6) is 0.780. The number of hydrogen-bond donors (Lipinski definition) is 1. The quantitative estimate of drug-likeness (QED) is 0.761. The molecule has 0 atom stereocenters. The number of carbonyl (C=O) groups excluding carboxylic acids is 1. The second-order valence-corrected chi connectivity index (χ2v) is 7.01. The highest BCUT2D eigenvalue weighted by Gasteiger charge is 2.17. The summed E-state index contributed by atoms with van der Waals surface area (Å²) in [6.45, 7) is 2.81. The summed E-state index contributed by atoms with van der Waals surface area (Å²) in [6.07, 6.45) is 0. The molecule has 0 spiro atoms. The molecule has 1 amide bonds. The molecule has 3 aromatic rings. The van der Waals surface area contributed by atoms with E-state index in [0.717, 1.165) is 40.0 Å². The van der Waals surface area contributed by atoms with E-state index in [-0.39, 0.29) is 5.91 Å². The predicted octanol–water partition coefficient (Wildman–Crippen LogP) is 4.04. The number of amidine groups is 1. The molecule has 0 unspecified atom stereocenters. The van der Waals surface area contributed by atoms with E-state index in [9.17, 15) is 4.79 Å². The number of benzene rings is 2. The van der Waals surface area contributed by atoms with Crippen LogP contribution in [0.3, 0.4) is 0 Å². The van der Waals surface area contributed by atoms with Crippen molar-refractivity contribution in [3.63, 3.8) is 0 Å². The number of hydrogen-bond acceptors (Lipinski definition) is 4. The zero-order chi connectivity index (χ0) is 17.2. The lowest BCUT2D eigenvalue weighted by Crippen LogP contribution is -2.27. The summed E-state index contributed by atoms with van der Waals surface area (Å²) >= 11 is 1.58. The Bertz CT molecular complexity index is 997. The highest BCUT2D eigenvalue weighted by molar-refractivity contribution is 8.14. The van der Waals surface area contributed by atoms with Gasteiger partial charge in [0.15, 0.2) is 5.17 Å². The van der Waals surface area contributed by atoms with Crippen LogP contribution in [0.2, 0.25) is 0 Å². The van der Waals surface area contributed by atoms with Crippen molar-refractivity contribution < 1.29 is 4.79 Å². The molecule has 0 radical (unpaired) electrons. The first-order valence-electron chi connectivity index (χ1n) is 8.16. The highest BCUT2D eigenvalue weighted by Crippen LogP contribution is 2.25. The van der Waals surface area contributed by atoms with E-state index in [2.05, 4.69) is 16.4 Å². The number of rotatable bonds is 2. The van der Waals surface area contributed by atoms with Crippen LogP contribution in [0.15, 0.2) is 59.6 Å². The standard InChI is InChI=1S/C20H17N3OS/c1-13-5-4-6-14(11-13)18-12-16(15-7-2-3-8-17(15)22-18)19(24)23-20-21-9-10-25-20/h2-8,11-12H,9-10H2,1H3,(H,21,23,24). The van der Waals surface area contributed by atoms with Crippen molar-refractivity contribution in [3.05, 3.63) is 65.7 Å². The second kappa shape index (κ2) is 6.69. The largest absolute Gasteiger partial charge is 0.301 e. The van der Waals surface area contributed by atoms with Gasteiger partial charge in [-0.1, -0.05) is 53.7 Å². The highest BCUT2D eigenvalue weighted by atomic mass is 32.2. The fourth-order valence-corrected chi connectivity index (χ4v) is 3.61. The number of pyridine rings is 1. The van der Waals surface area contributed by atoms with Gasteiger partial charge in [0.05, 0.1) is 23.3 Å². The third-order valence-corrected chi connectivity index (χ3v) is 4.97. The molecule has 1 aliphatic heterocycles. The van der Waals surface area contributed by atoms with Gasteiger partial charge in [-0.05, 0) is 25.1 Å². The van der Waals surface area contributed by atoms with Crippen LogP contribution in [0.1, 0.15) is 15.9 Å². The number of aromatic nitrogens is 1. The Morgan fingerprint density at radius 3 is 2.80 bits per heavy atom. The summed E-state index contributed by atoms with van der Waals surface area (Å²) in [5.41, 5.74) is 4.40. The molecule has 0 aliphatic carbocycles. The van der Waals surface area contributed by atoms with Crippen LogP contribution in [0.5, 0.6) is 0 Å². The van der Waals surface area contributed by atoms with Gasteiger partial charge in [-0.3, -0.25) is 9.79 Å². The lowest BCUT2D eigenvalue weighted by molar-refractivity contribution is 0.0979. The zero-order valence-corrected chi connectivity index (χ0v) is 14.6. The molecule has 5 heteroatoms. The molecule has 0 saturated carbocycles. The van der Waals surface area contributed by atoms with Crippen LogP contribution >= 0.6 is 11.8 Å². The molecule has 1 N–H and O–H groups in total. The molecule has 2 aromatic carbocycles. The van der Waals surface area contributed by atoms with Gasteiger partial charge in [-0.15, -0.1) is 0 Å². The van der Waals surface area contributed by atoms with Gasteiger partial charge in [-0.2, -0.15) is 0 Å².